The van der Waals surface area contributed by atoms with Crippen molar-refractivity contribution in [3.05, 3.63) is 126 Å². The van der Waals surface area contributed by atoms with Gasteiger partial charge in [0.25, 0.3) is 5.91 Å². The van der Waals surface area contributed by atoms with E-state index in [0.29, 0.717) is 24.3 Å². The van der Waals surface area contributed by atoms with Crippen molar-refractivity contribution in [3.8, 4) is 5.75 Å². The highest BCUT2D eigenvalue weighted by atomic mass is 16.6. The molecule has 1 atom stereocenters. The first kappa shape index (κ1) is 22.9. The van der Waals surface area contributed by atoms with Crippen LogP contribution in [0.3, 0.4) is 0 Å². The summed E-state index contributed by atoms with van der Waals surface area (Å²) in [5, 5.41) is 13.7. The van der Waals surface area contributed by atoms with E-state index in [1.165, 1.54) is 6.21 Å². The van der Waals surface area contributed by atoms with Crippen LogP contribution in [0.1, 0.15) is 28.5 Å². The molecule has 0 bridgehead atoms. The third-order valence-electron chi connectivity index (χ3n) is 5.43. The van der Waals surface area contributed by atoms with Crippen molar-refractivity contribution in [2.45, 2.75) is 19.0 Å². The van der Waals surface area contributed by atoms with Crippen molar-refractivity contribution < 1.29 is 19.2 Å². The van der Waals surface area contributed by atoms with Gasteiger partial charge in [-0.15, -0.1) is 0 Å². The number of hydrogen-bond acceptors (Lipinski definition) is 5. The van der Waals surface area contributed by atoms with Crippen LogP contribution in [0.4, 0.5) is 0 Å². The normalized spacial score (nSPS) is 11.9. The van der Waals surface area contributed by atoms with Crippen molar-refractivity contribution in [1.82, 2.24) is 4.90 Å². The quantitative estimate of drug-likeness (QED) is 0.259. The number of furan rings is 1. The second-order valence-corrected chi connectivity index (χ2v) is 7.79. The third kappa shape index (κ3) is 6.13. The van der Waals surface area contributed by atoms with Gasteiger partial charge in [0.2, 0.25) is 0 Å². The number of hydrogen-bond donors (Lipinski definition) is 1. The van der Waals surface area contributed by atoms with E-state index in [4.69, 9.17) is 9.25 Å². The summed E-state index contributed by atoms with van der Waals surface area (Å²) in [6, 6.07) is 30.0. The highest BCUT2D eigenvalue weighted by Crippen LogP contribution is 2.28. The average molecular weight is 455 g/mol. The fraction of sp³-hybridized carbons (Fsp3) is 0.143. The van der Waals surface area contributed by atoms with E-state index in [0.717, 1.165) is 11.1 Å². The summed E-state index contributed by atoms with van der Waals surface area (Å²) >= 11 is 0. The maximum atomic E-state index is 13.4. The van der Waals surface area contributed by atoms with E-state index in [-0.39, 0.29) is 24.3 Å². The van der Waals surface area contributed by atoms with Gasteiger partial charge in [-0.05, 0) is 35.4 Å². The van der Waals surface area contributed by atoms with E-state index >= 15 is 0 Å². The molecule has 6 heteroatoms. The van der Waals surface area contributed by atoms with E-state index < -0.39 is 0 Å². The molecule has 0 saturated carbocycles. The van der Waals surface area contributed by atoms with Gasteiger partial charge in [0.15, 0.2) is 6.61 Å². The number of aromatic hydroxyl groups is 1. The molecule has 0 fully saturated rings. The molecule has 0 aliphatic heterocycles. The Bertz CT molecular complexity index is 1190. The monoisotopic (exact) mass is 454 g/mol. The number of para-hydroxylation sites is 1. The van der Waals surface area contributed by atoms with Gasteiger partial charge in [-0.2, -0.15) is 0 Å². The second-order valence-electron chi connectivity index (χ2n) is 7.79. The Kier molecular flexibility index (Phi) is 7.74. The number of nitrogens with zero attached hydrogens (tertiary/aromatic N) is 2. The summed E-state index contributed by atoms with van der Waals surface area (Å²) in [5.74, 6) is 0.564. The first-order valence-corrected chi connectivity index (χ1v) is 11.0. The van der Waals surface area contributed by atoms with Crippen LogP contribution >= 0.6 is 0 Å². The summed E-state index contributed by atoms with van der Waals surface area (Å²) in [4.78, 5) is 20.5. The number of carbonyl (C=O) groups is 1. The summed E-state index contributed by atoms with van der Waals surface area (Å²) in [7, 11) is 0. The fourth-order valence-corrected chi connectivity index (χ4v) is 3.70. The van der Waals surface area contributed by atoms with Crippen LogP contribution in [0, 0.1) is 0 Å². The van der Waals surface area contributed by atoms with Crippen molar-refractivity contribution in [2.75, 3.05) is 6.61 Å². The maximum absolute atomic E-state index is 13.4. The molecule has 172 valence electrons. The number of amides is 1. The molecule has 4 rings (SSSR count). The molecule has 1 aromatic heterocycles. The van der Waals surface area contributed by atoms with Gasteiger partial charge < -0.3 is 19.3 Å². The van der Waals surface area contributed by atoms with Crippen molar-refractivity contribution in [3.63, 3.8) is 0 Å². The Hall–Kier alpha value is -4.32. The molecule has 0 aliphatic rings. The lowest BCUT2D eigenvalue weighted by atomic mass is 10.0. The van der Waals surface area contributed by atoms with Crippen molar-refractivity contribution in [2.24, 2.45) is 5.16 Å². The minimum atomic E-state index is -0.323. The average Bonchev–Trinajstić information content (AvgIpc) is 3.41. The van der Waals surface area contributed by atoms with Gasteiger partial charge in [0.05, 0.1) is 18.5 Å². The highest BCUT2D eigenvalue weighted by molar-refractivity contribution is 5.83. The summed E-state index contributed by atoms with van der Waals surface area (Å²) in [5.41, 5.74) is 2.60. The molecule has 3 aromatic carbocycles. The van der Waals surface area contributed by atoms with Crippen molar-refractivity contribution >= 4 is 12.1 Å². The molecule has 0 saturated heterocycles. The zero-order valence-electron chi connectivity index (χ0n) is 18.7. The molecule has 1 heterocycles. The number of phenols is 1. The fourth-order valence-electron chi connectivity index (χ4n) is 3.70. The summed E-state index contributed by atoms with van der Waals surface area (Å²) in [6.45, 7) is 0.146. The van der Waals surface area contributed by atoms with Crippen LogP contribution in [0.15, 0.2) is 113 Å². The molecule has 0 aliphatic carbocycles. The molecular formula is C28H26N2O4. The standard InChI is InChI=1S/C28H26N2O4/c31-26-15-8-7-14-24(26)19-29-34-21-28(32)30(20-23-12-5-2-6-13-23)25(27-16-9-17-33-27)18-22-10-3-1-4-11-22/h1-17,19,25,31H,18,20-21H2/b29-19+. The van der Waals surface area contributed by atoms with Crippen LogP contribution in [0.5, 0.6) is 5.75 Å². The number of carbonyl (C=O) groups excluding carboxylic acids is 1. The Labute approximate surface area is 198 Å². The highest BCUT2D eigenvalue weighted by Gasteiger charge is 2.28. The summed E-state index contributed by atoms with van der Waals surface area (Å²) in [6.07, 6.45) is 3.60. The van der Waals surface area contributed by atoms with E-state index in [1.807, 2.05) is 72.8 Å². The SMILES string of the molecule is O=C(CO/N=C/c1ccccc1O)N(Cc1ccccc1)C(Cc1ccccc1)c1ccco1. The number of oxime groups is 1. The Morgan fingerprint density at radius 3 is 2.26 bits per heavy atom. The van der Waals surface area contributed by atoms with Gasteiger partial charge in [-0.1, -0.05) is 78.0 Å². The number of rotatable bonds is 10. The largest absolute Gasteiger partial charge is 0.507 e. The first-order valence-electron chi connectivity index (χ1n) is 11.0. The Morgan fingerprint density at radius 1 is 0.912 bits per heavy atom. The van der Waals surface area contributed by atoms with Crippen molar-refractivity contribution in [1.29, 1.82) is 0 Å². The Balaban J connectivity index is 1.55. The first-order chi connectivity index (χ1) is 16.7. The number of phenolic OH excluding ortho intramolecular Hbond substituents is 1. The van der Waals surface area contributed by atoms with Crippen LogP contribution in [0.25, 0.3) is 0 Å². The molecule has 4 aromatic rings. The lowest BCUT2D eigenvalue weighted by Crippen LogP contribution is -2.37. The van der Waals surface area contributed by atoms with E-state index in [2.05, 4.69) is 5.16 Å². The molecule has 1 N–H and O–H groups in total. The summed E-state index contributed by atoms with van der Waals surface area (Å²) < 4.78 is 5.74. The van der Waals surface area contributed by atoms with Crippen LogP contribution < -0.4 is 0 Å². The van der Waals surface area contributed by atoms with Crippen LogP contribution in [-0.4, -0.2) is 28.7 Å². The molecule has 1 unspecified atom stereocenters. The van der Waals surface area contributed by atoms with Gasteiger partial charge in [-0.25, -0.2) is 0 Å². The predicted octanol–water partition coefficient (Wildman–Crippen LogP) is 5.35. The Morgan fingerprint density at radius 2 is 1.59 bits per heavy atom. The topological polar surface area (TPSA) is 75.3 Å². The minimum Gasteiger partial charge on any atom is -0.507 e. The predicted molar refractivity (Wildman–Crippen MR) is 130 cm³/mol. The lowest BCUT2D eigenvalue weighted by Gasteiger charge is -2.30. The lowest BCUT2D eigenvalue weighted by molar-refractivity contribution is -0.139. The molecule has 0 spiro atoms. The molecule has 0 radical (unpaired) electrons. The van der Waals surface area contributed by atoms with Gasteiger partial charge in [0.1, 0.15) is 11.5 Å². The molecule has 34 heavy (non-hydrogen) atoms. The number of benzene rings is 3. The van der Waals surface area contributed by atoms with Crippen LogP contribution in [0.2, 0.25) is 0 Å². The maximum Gasteiger partial charge on any atom is 0.264 e. The van der Waals surface area contributed by atoms with Crippen LogP contribution in [-0.2, 0) is 22.6 Å². The zero-order valence-corrected chi connectivity index (χ0v) is 18.7. The smallest absolute Gasteiger partial charge is 0.264 e. The van der Waals surface area contributed by atoms with E-state index in [9.17, 15) is 9.90 Å². The van der Waals surface area contributed by atoms with E-state index in [1.54, 1.807) is 35.4 Å². The van der Waals surface area contributed by atoms with Gasteiger partial charge >= 0.3 is 0 Å². The second kappa shape index (κ2) is 11.5. The van der Waals surface area contributed by atoms with Gasteiger partial charge in [0, 0.05) is 18.5 Å². The molecule has 1 amide bonds. The molecule has 6 nitrogen and oxygen atoms in total. The third-order valence-corrected chi connectivity index (χ3v) is 5.43. The zero-order chi connectivity index (χ0) is 23.6. The molecular weight excluding hydrogens is 428 g/mol. The van der Waals surface area contributed by atoms with Gasteiger partial charge in [-0.3, -0.25) is 4.79 Å². The minimum absolute atomic E-state index is 0.0904.